The molecule has 0 aliphatic heterocycles. The summed E-state index contributed by atoms with van der Waals surface area (Å²) in [5.74, 6) is 0.690. The maximum absolute atomic E-state index is 11.4. The second kappa shape index (κ2) is 10.5. The number of aliphatic hydroxyl groups excluding tert-OH is 1. The number of anilines is 2. The van der Waals surface area contributed by atoms with E-state index in [4.69, 9.17) is 4.74 Å². The number of nitrogens with one attached hydrogen (secondary N) is 3. The Labute approximate surface area is 205 Å². The molecule has 1 aliphatic carbocycles. The molecular weight excluding hydrogens is 466 g/mol. The third-order valence-electron chi connectivity index (χ3n) is 5.63. The molecule has 0 radical (unpaired) electrons. The van der Waals surface area contributed by atoms with Gasteiger partial charge in [0.15, 0.2) is 0 Å². The summed E-state index contributed by atoms with van der Waals surface area (Å²) in [6.07, 6.45) is 1.09. The third kappa shape index (κ3) is 6.60. The smallest absolute Gasteiger partial charge is 0.229 e. The van der Waals surface area contributed by atoms with Crippen molar-refractivity contribution in [3.05, 3.63) is 77.4 Å². The molecule has 0 heterocycles. The van der Waals surface area contributed by atoms with Crippen LogP contribution in [-0.4, -0.2) is 45.4 Å². The van der Waals surface area contributed by atoms with Crippen molar-refractivity contribution in [1.29, 1.82) is 0 Å². The van der Waals surface area contributed by atoms with Crippen LogP contribution in [0.25, 0.3) is 11.1 Å². The van der Waals surface area contributed by atoms with Gasteiger partial charge in [-0.3, -0.25) is 9.52 Å². The van der Waals surface area contributed by atoms with E-state index in [1.807, 2.05) is 30.3 Å². The zero-order valence-corrected chi connectivity index (χ0v) is 20.5. The lowest BCUT2D eigenvalue weighted by atomic mass is 10.1. The van der Waals surface area contributed by atoms with E-state index in [1.165, 1.54) is 29.2 Å². The van der Waals surface area contributed by atoms with E-state index >= 15 is 0 Å². The molecule has 1 amide bonds. The first-order valence-electron chi connectivity index (χ1n) is 11.3. The van der Waals surface area contributed by atoms with Gasteiger partial charge in [-0.25, -0.2) is 8.42 Å². The number of amides is 1. The average molecular weight is 496 g/mol. The largest absolute Gasteiger partial charge is 0.492 e. The highest BCUT2D eigenvalue weighted by Crippen LogP contribution is 2.39. The number of sulfonamides is 1. The molecule has 0 saturated carbocycles. The molecule has 0 fully saturated rings. The molecule has 35 heavy (non-hydrogen) atoms. The Morgan fingerprint density at radius 2 is 1.77 bits per heavy atom. The van der Waals surface area contributed by atoms with Crippen LogP contribution in [0, 0.1) is 0 Å². The highest BCUT2D eigenvalue weighted by Gasteiger charge is 2.19. The first kappa shape index (κ1) is 24.7. The summed E-state index contributed by atoms with van der Waals surface area (Å²) in [5, 5.41) is 16.4. The van der Waals surface area contributed by atoms with Crippen molar-refractivity contribution < 1.29 is 23.1 Å². The summed E-state index contributed by atoms with van der Waals surface area (Å²) < 4.78 is 31.1. The Morgan fingerprint density at radius 1 is 1.03 bits per heavy atom. The van der Waals surface area contributed by atoms with Crippen LogP contribution in [0.4, 0.5) is 11.4 Å². The minimum Gasteiger partial charge on any atom is -0.492 e. The lowest BCUT2D eigenvalue weighted by molar-refractivity contribution is -0.114. The van der Waals surface area contributed by atoms with Gasteiger partial charge in [0.1, 0.15) is 12.4 Å². The number of benzene rings is 3. The highest BCUT2D eigenvalue weighted by molar-refractivity contribution is 7.92. The van der Waals surface area contributed by atoms with Gasteiger partial charge in [-0.15, -0.1) is 0 Å². The number of ether oxygens (including phenoxy) is 1. The van der Waals surface area contributed by atoms with Crippen LogP contribution in [0.5, 0.6) is 5.75 Å². The molecule has 1 aliphatic rings. The maximum atomic E-state index is 11.4. The molecule has 4 N–H and O–H groups in total. The van der Waals surface area contributed by atoms with E-state index in [2.05, 4.69) is 21.4 Å². The number of carbonyl (C=O) groups is 1. The molecule has 0 bridgehead atoms. The van der Waals surface area contributed by atoms with Gasteiger partial charge in [0, 0.05) is 31.4 Å². The molecule has 3 aromatic carbocycles. The fourth-order valence-corrected chi connectivity index (χ4v) is 4.73. The quantitative estimate of drug-likeness (QED) is 0.251. The van der Waals surface area contributed by atoms with Gasteiger partial charge in [-0.2, -0.15) is 0 Å². The Morgan fingerprint density at radius 3 is 2.51 bits per heavy atom. The van der Waals surface area contributed by atoms with Crippen LogP contribution in [-0.2, 0) is 21.2 Å². The van der Waals surface area contributed by atoms with Gasteiger partial charge < -0.3 is 20.5 Å². The summed E-state index contributed by atoms with van der Waals surface area (Å²) in [5.41, 5.74) is 6.54. The summed E-state index contributed by atoms with van der Waals surface area (Å²) in [4.78, 5) is 11.3. The number of carbonyl (C=O) groups excluding carboxylic acids is 1. The molecule has 3 aromatic rings. The molecule has 9 heteroatoms. The van der Waals surface area contributed by atoms with Gasteiger partial charge in [-0.1, -0.05) is 24.3 Å². The topological polar surface area (TPSA) is 117 Å². The van der Waals surface area contributed by atoms with Crippen molar-refractivity contribution in [1.82, 2.24) is 5.32 Å². The molecule has 1 atom stereocenters. The van der Waals surface area contributed by atoms with Crippen molar-refractivity contribution in [3.8, 4) is 16.9 Å². The molecule has 8 nitrogen and oxygen atoms in total. The summed E-state index contributed by atoms with van der Waals surface area (Å²) in [7, 11) is -3.38. The van der Waals surface area contributed by atoms with E-state index < -0.39 is 16.1 Å². The number of fused-ring (bicyclic) bond motifs is 3. The Bertz CT molecular complexity index is 1340. The lowest BCUT2D eigenvalue weighted by Crippen LogP contribution is -2.26. The van der Waals surface area contributed by atoms with Gasteiger partial charge >= 0.3 is 0 Å². The maximum Gasteiger partial charge on any atom is 0.229 e. The van der Waals surface area contributed by atoms with Gasteiger partial charge in [-0.05, 0) is 70.6 Å². The lowest BCUT2D eigenvalue weighted by Gasteiger charge is -2.14. The number of rotatable bonds is 10. The predicted octanol–water partition coefficient (Wildman–Crippen LogP) is 3.29. The number of hydrogen-bond donors (Lipinski definition) is 4. The first-order chi connectivity index (χ1) is 16.7. The van der Waals surface area contributed by atoms with Crippen molar-refractivity contribution in [3.63, 3.8) is 0 Å². The standard InChI is InChI=1S/C26H29N3O5S/c1-17(30)28-21-6-8-24-19(14-21)12-20-15-23(7-9-25(20)24)34-11-10-27-16-26(31)18-4-3-5-22(13-18)29-35(2,32)33/h3-9,13-15,26-27,29,31H,10-12,16H2,1-2H3,(H,28,30)/t26-/m0/s1. The third-order valence-corrected chi connectivity index (χ3v) is 6.24. The zero-order valence-electron chi connectivity index (χ0n) is 19.7. The van der Waals surface area contributed by atoms with E-state index in [1.54, 1.807) is 24.3 Å². The summed E-state index contributed by atoms with van der Waals surface area (Å²) in [6.45, 7) is 2.77. The molecule has 0 aromatic heterocycles. The predicted molar refractivity (Wildman–Crippen MR) is 137 cm³/mol. The normalized spacial score (nSPS) is 13.0. The van der Waals surface area contributed by atoms with E-state index in [-0.39, 0.29) is 5.91 Å². The minimum absolute atomic E-state index is 0.0882. The van der Waals surface area contributed by atoms with Crippen LogP contribution in [0.2, 0.25) is 0 Å². The van der Waals surface area contributed by atoms with E-state index in [0.29, 0.717) is 30.9 Å². The second-order valence-corrected chi connectivity index (χ2v) is 10.4. The van der Waals surface area contributed by atoms with Gasteiger partial charge in [0.25, 0.3) is 0 Å². The van der Waals surface area contributed by atoms with Gasteiger partial charge in [0.05, 0.1) is 12.4 Å². The van der Waals surface area contributed by atoms with Crippen molar-refractivity contribution in [2.75, 3.05) is 36.0 Å². The number of hydrogen-bond acceptors (Lipinski definition) is 6. The fraction of sp³-hybridized carbons (Fsp3) is 0.269. The van der Waals surface area contributed by atoms with Crippen molar-refractivity contribution in [2.45, 2.75) is 19.4 Å². The van der Waals surface area contributed by atoms with Crippen molar-refractivity contribution >= 4 is 27.3 Å². The Kier molecular flexibility index (Phi) is 7.39. The molecular formula is C26H29N3O5S. The first-order valence-corrected chi connectivity index (χ1v) is 13.2. The summed E-state index contributed by atoms with van der Waals surface area (Å²) in [6, 6.07) is 18.7. The SMILES string of the molecule is CC(=O)Nc1ccc2c(c1)Cc1cc(OCCNC[C@H](O)c3cccc(NS(C)(=O)=O)c3)ccc1-2. The van der Waals surface area contributed by atoms with Gasteiger partial charge in [0.2, 0.25) is 15.9 Å². The monoisotopic (exact) mass is 495 g/mol. The fourth-order valence-electron chi connectivity index (χ4n) is 4.18. The molecule has 0 spiro atoms. The zero-order chi connectivity index (χ0) is 25.0. The highest BCUT2D eigenvalue weighted by atomic mass is 32.2. The average Bonchev–Trinajstić information content (AvgIpc) is 3.14. The van der Waals surface area contributed by atoms with Crippen molar-refractivity contribution in [2.24, 2.45) is 0 Å². The summed E-state index contributed by atoms with van der Waals surface area (Å²) >= 11 is 0. The van der Waals surface area contributed by atoms with Crippen LogP contribution < -0.4 is 20.1 Å². The Hall–Kier alpha value is -3.40. The second-order valence-electron chi connectivity index (χ2n) is 8.62. The minimum atomic E-state index is -3.38. The van der Waals surface area contributed by atoms with E-state index in [9.17, 15) is 18.3 Å². The molecule has 184 valence electrons. The van der Waals surface area contributed by atoms with Crippen LogP contribution >= 0.6 is 0 Å². The molecule has 0 saturated heterocycles. The van der Waals surface area contributed by atoms with Crippen LogP contribution in [0.1, 0.15) is 29.7 Å². The molecule has 0 unspecified atom stereocenters. The van der Waals surface area contributed by atoms with Crippen LogP contribution in [0.15, 0.2) is 60.7 Å². The van der Waals surface area contributed by atoms with E-state index in [0.717, 1.165) is 24.1 Å². The molecule has 4 rings (SSSR count). The Balaban J connectivity index is 1.26. The number of aliphatic hydroxyl groups is 1. The van der Waals surface area contributed by atoms with Crippen LogP contribution in [0.3, 0.4) is 0 Å².